The molecule has 0 aromatic carbocycles. The average molecular weight is 426 g/mol. The molecule has 0 radical (unpaired) electrons. The number of pyridine rings is 1. The second-order valence-electron chi connectivity index (χ2n) is 8.94. The number of amides is 1. The molecule has 6 nitrogen and oxygen atoms in total. The monoisotopic (exact) mass is 425 g/mol. The Labute approximate surface area is 180 Å². The molecule has 158 valence electrons. The third-order valence-electron chi connectivity index (χ3n) is 7.09. The molecule has 0 N–H and O–H groups in total. The Hall–Kier alpha value is -1.96. The first-order chi connectivity index (χ1) is 14.6. The van der Waals surface area contributed by atoms with E-state index < -0.39 is 0 Å². The molecule has 0 saturated carbocycles. The van der Waals surface area contributed by atoms with Gasteiger partial charge in [0.25, 0.3) is 5.91 Å². The number of carbonyl (C=O) groups excluding carboxylic acids is 1. The van der Waals surface area contributed by atoms with E-state index in [1.807, 2.05) is 28.4 Å². The highest BCUT2D eigenvalue weighted by Crippen LogP contribution is 2.47. The molecule has 1 unspecified atom stereocenters. The van der Waals surface area contributed by atoms with Crippen LogP contribution in [0.5, 0.6) is 5.75 Å². The third-order valence-corrected chi connectivity index (χ3v) is 8.43. The average Bonchev–Trinajstić information content (AvgIpc) is 3.17. The zero-order valence-electron chi connectivity index (χ0n) is 17.3. The summed E-state index contributed by atoms with van der Waals surface area (Å²) >= 11 is 1.95. The first-order valence-corrected chi connectivity index (χ1v) is 11.9. The van der Waals surface area contributed by atoms with Crippen LogP contribution in [-0.4, -0.2) is 59.7 Å². The zero-order chi connectivity index (χ0) is 20.3. The third kappa shape index (κ3) is 2.90. The molecule has 2 aromatic heterocycles. The van der Waals surface area contributed by atoms with Crippen molar-refractivity contribution in [2.24, 2.45) is 5.92 Å². The van der Waals surface area contributed by atoms with E-state index in [2.05, 4.69) is 22.9 Å². The van der Waals surface area contributed by atoms with Gasteiger partial charge < -0.3 is 14.4 Å². The SMILES string of the molecule is CCc1cc2c(s1)CCOC21CCN2CC3CN(C3)C(=O)c3ncccc3O[C@H]2C1. The number of aromatic nitrogens is 1. The second kappa shape index (κ2) is 7.04. The van der Waals surface area contributed by atoms with E-state index in [1.54, 1.807) is 6.20 Å². The maximum atomic E-state index is 12.9. The molecule has 2 atom stereocenters. The van der Waals surface area contributed by atoms with Gasteiger partial charge in [-0.2, -0.15) is 0 Å². The highest BCUT2D eigenvalue weighted by atomic mass is 32.1. The molecular weight excluding hydrogens is 398 g/mol. The first kappa shape index (κ1) is 18.8. The smallest absolute Gasteiger partial charge is 0.276 e. The molecule has 2 aromatic rings. The summed E-state index contributed by atoms with van der Waals surface area (Å²) in [5, 5.41) is 0. The lowest BCUT2D eigenvalue weighted by Gasteiger charge is -2.50. The van der Waals surface area contributed by atoms with Gasteiger partial charge in [-0.15, -0.1) is 11.3 Å². The molecule has 30 heavy (non-hydrogen) atoms. The minimum atomic E-state index is -0.277. The maximum Gasteiger partial charge on any atom is 0.276 e. The van der Waals surface area contributed by atoms with E-state index in [4.69, 9.17) is 9.47 Å². The normalized spacial score (nSPS) is 30.7. The molecule has 7 heteroatoms. The molecular formula is C23H27N3O3S. The number of piperidine rings is 1. The summed E-state index contributed by atoms with van der Waals surface area (Å²) in [7, 11) is 0. The van der Waals surface area contributed by atoms with Crippen molar-refractivity contribution in [2.45, 2.75) is 44.4 Å². The number of carbonyl (C=O) groups is 1. The van der Waals surface area contributed by atoms with Crippen molar-refractivity contribution in [3.63, 3.8) is 0 Å². The van der Waals surface area contributed by atoms with Gasteiger partial charge in [-0.05, 0) is 36.6 Å². The molecule has 7 rings (SSSR count). The van der Waals surface area contributed by atoms with E-state index in [1.165, 1.54) is 15.3 Å². The topological polar surface area (TPSA) is 54.9 Å². The lowest BCUT2D eigenvalue weighted by molar-refractivity contribution is -0.154. The number of rotatable bonds is 1. The van der Waals surface area contributed by atoms with Gasteiger partial charge in [0.05, 0.1) is 6.61 Å². The maximum absolute atomic E-state index is 12.9. The molecule has 1 spiro atoms. The number of fused-ring (bicyclic) bond motifs is 2. The van der Waals surface area contributed by atoms with Crippen molar-refractivity contribution in [1.29, 1.82) is 0 Å². The van der Waals surface area contributed by atoms with E-state index in [0.29, 0.717) is 17.4 Å². The van der Waals surface area contributed by atoms with Crippen LogP contribution >= 0.6 is 11.3 Å². The van der Waals surface area contributed by atoms with Crippen LogP contribution in [0.15, 0.2) is 24.4 Å². The summed E-state index contributed by atoms with van der Waals surface area (Å²) in [6, 6.07) is 6.10. The van der Waals surface area contributed by atoms with E-state index in [9.17, 15) is 4.79 Å². The van der Waals surface area contributed by atoms with Gasteiger partial charge in [-0.25, -0.2) is 4.98 Å². The summed E-state index contributed by atoms with van der Waals surface area (Å²) in [6.45, 7) is 6.54. The van der Waals surface area contributed by atoms with E-state index in [-0.39, 0.29) is 17.7 Å². The number of hydrogen-bond donors (Lipinski definition) is 0. The van der Waals surface area contributed by atoms with Crippen molar-refractivity contribution in [3.8, 4) is 5.75 Å². The number of aryl methyl sites for hydroxylation is 1. The highest BCUT2D eigenvalue weighted by molar-refractivity contribution is 7.12. The molecule has 5 aliphatic rings. The number of thiophene rings is 1. The van der Waals surface area contributed by atoms with Crippen LogP contribution in [0.2, 0.25) is 0 Å². The van der Waals surface area contributed by atoms with Crippen molar-refractivity contribution >= 4 is 17.2 Å². The quantitative estimate of drug-likeness (QED) is 0.703. The summed E-state index contributed by atoms with van der Waals surface area (Å²) in [6.07, 6.45) is 5.43. The molecule has 2 bridgehead atoms. The van der Waals surface area contributed by atoms with Crippen molar-refractivity contribution < 1.29 is 14.3 Å². The van der Waals surface area contributed by atoms with Crippen molar-refractivity contribution in [1.82, 2.24) is 14.8 Å². The van der Waals surface area contributed by atoms with Crippen LogP contribution in [0.1, 0.15) is 45.6 Å². The molecule has 1 amide bonds. The standard InChI is InChI=1S/C23H27N3O3S/c1-2-16-10-17-19(30-16)5-9-28-23(17)6-8-25-12-15-13-26(14-15)22(27)21-18(4-3-7-24-21)29-20(25)11-23/h3-4,7,10,15,20H,2,5-6,8-9,11-14H2,1H3/t20-,23?/m0/s1. The van der Waals surface area contributed by atoms with Crippen LogP contribution in [0, 0.1) is 5.92 Å². The fourth-order valence-corrected chi connectivity index (χ4v) is 6.63. The predicted octanol–water partition coefficient (Wildman–Crippen LogP) is 3.06. The van der Waals surface area contributed by atoms with Crippen molar-refractivity contribution in [2.75, 3.05) is 32.8 Å². The van der Waals surface area contributed by atoms with E-state index in [0.717, 1.165) is 58.5 Å². The largest absolute Gasteiger partial charge is 0.473 e. The molecule has 5 aliphatic heterocycles. The Morgan fingerprint density at radius 3 is 3.10 bits per heavy atom. The lowest BCUT2D eigenvalue weighted by atomic mass is 9.80. The van der Waals surface area contributed by atoms with Gasteiger partial charge in [0.15, 0.2) is 17.7 Å². The van der Waals surface area contributed by atoms with Crippen LogP contribution in [0.25, 0.3) is 0 Å². The van der Waals surface area contributed by atoms with Gasteiger partial charge in [0.2, 0.25) is 0 Å². The fourth-order valence-electron chi connectivity index (χ4n) is 5.45. The fraction of sp³-hybridized carbons (Fsp3) is 0.565. The van der Waals surface area contributed by atoms with Crippen molar-refractivity contribution in [3.05, 3.63) is 45.4 Å². The van der Waals surface area contributed by atoms with Gasteiger partial charge in [0.1, 0.15) is 5.60 Å². The highest BCUT2D eigenvalue weighted by Gasteiger charge is 2.48. The number of nitrogens with zero attached hydrogens (tertiary/aromatic N) is 3. The Kier molecular flexibility index (Phi) is 4.41. The molecule has 2 fully saturated rings. The summed E-state index contributed by atoms with van der Waals surface area (Å²) in [5.41, 5.74) is 1.54. The number of ether oxygens (including phenoxy) is 2. The Morgan fingerprint density at radius 1 is 1.33 bits per heavy atom. The molecule has 7 heterocycles. The summed E-state index contributed by atoms with van der Waals surface area (Å²) in [5.74, 6) is 1.09. The van der Waals surface area contributed by atoms with Crippen LogP contribution < -0.4 is 4.74 Å². The molecule has 0 aliphatic carbocycles. The minimum absolute atomic E-state index is 0.0116. The van der Waals surface area contributed by atoms with Gasteiger partial charge in [0, 0.05) is 60.9 Å². The lowest BCUT2D eigenvalue weighted by Crippen LogP contribution is -2.60. The van der Waals surface area contributed by atoms with Gasteiger partial charge in [-0.3, -0.25) is 9.69 Å². The Morgan fingerprint density at radius 2 is 2.23 bits per heavy atom. The predicted molar refractivity (Wildman–Crippen MR) is 114 cm³/mol. The summed E-state index contributed by atoms with van der Waals surface area (Å²) in [4.78, 5) is 24.5. The van der Waals surface area contributed by atoms with Crippen LogP contribution in [0.3, 0.4) is 0 Å². The Bertz CT molecular complexity index is 986. The Balaban J connectivity index is 1.37. The molecule has 2 saturated heterocycles. The van der Waals surface area contributed by atoms with Gasteiger partial charge >= 0.3 is 0 Å². The van der Waals surface area contributed by atoms with Crippen LogP contribution in [-0.2, 0) is 23.2 Å². The van der Waals surface area contributed by atoms with Crippen LogP contribution in [0.4, 0.5) is 0 Å². The number of hydrogen-bond acceptors (Lipinski definition) is 6. The zero-order valence-corrected chi connectivity index (χ0v) is 18.1. The van der Waals surface area contributed by atoms with Gasteiger partial charge in [-0.1, -0.05) is 6.92 Å². The van der Waals surface area contributed by atoms with E-state index >= 15 is 0 Å². The summed E-state index contributed by atoms with van der Waals surface area (Å²) < 4.78 is 13.1. The minimum Gasteiger partial charge on any atom is -0.473 e. The second-order valence-corrected chi connectivity index (χ2v) is 10.2. The first-order valence-electron chi connectivity index (χ1n) is 11.1.